The molecule has 20 heavy (non-hydrogen) atoms. The number of esters is 1. The van der Waals surface area contributed by atoms with E-state index in [-0.39, 0.29) is 18.4 Å². The average Bonchev–Trinajstić information content (AvgIpc) is 2.42. The first-order valence-corrected chi connectivity index (χ1v) is 6.79. The summed E-state index contributed by atoms with van der Waals surface area (Å²) in [5.41, 5.74) is 0. The predicted molar refractivity (Wildman–Crippen MR) is 75.0 cm³/mol. The van der Waals surface area contributed by atoms with E-state index in [4.69, 9.17) is 0 Å². The summed E-state index contributed by atoms with van der Waals surface area (Å²) < 4.78 is 4.60. The number of nitrogens with one attached hydrogen (secondary N) is 2. The maximum Gasteiger partial charge on any atom is 0.329 e. The molecule has 1 atom stereocenters. The van der Waals surface area contributed by atoms with Crippen molar-refractivity contribution in [1.29, 1.82) is 0 Å². The molecule has 7 nitrogen and oxygen atoms in total. The van der Waals surface area contributed by atoms with E-state index in [2.05, 4.69) is 15.4 Å². The first-order valence-electron chi connectivity index (χ1n) is 6.79. The molecule has 0 radical (unpaired) electrons. The van der Waals surface area contributed by atoms with Crippen LogP contribution in [-0.2, 0) is 19.1 Å². The van der Waals surface area contributed by atoms with E-state index in [1.165, 1.54) is 14.0 Å². The standard InChI is InChI=1S/C13H25N3O4/c1-5-16(6-2)12(18)7-8-14-9-11(13(19)20-4)15-10(3)17/h11,14H,5-9H2,1-4H3,(H,15,17). The second-order valence-electron chi connectivity index (χ2n) is 4.30. The second-order valence-corrected chi connectivity index (χ2v) is 4.30. The molecule has 0 aliphatic heterocycles. The van der Waals surface area contributed by atoms with Gasteiger partial charge in [-0.05, 0) is 13.8 Å². The highest BCUT2D eigenvalue weighted by Gasteiger charge is 2.19. The molecule has 0 spiro atoms. The zero-order chi connectivity index (χ0) is 15.5. The second kappa shape index (κ2) is 10.2. The van der Waals surface area contributed by atoms with E-state index in [1.54, 1.807) is 4.90 Å². The molecule has 1 unspecified atom stereocenters. The van der Waals surface area contributed by atoms with Crippen molar-refractivity contribution < 1.29 is 19.1 Å². The molecule has 0 saturated heterocycles. The van der Waals surface area contributed by atoms with Gasteiger partial charge in [-0.1, -0.05) is 0 Å². The van der Waals surface area contributed by atoms with Crippen LogP contribution in [0.1, 0.15) is 27.2 Å². The quantitative estimate of drug-likeness (QED) is 0.441. The number of hydrogen-bond donors (Lipinski definition) is 2. The van der Waals surface area contributed by atoms with Crippen molar-refractivity contribution in [3.8, 4) is 0 Å². The molecular weight excluding hydrogens is 262 g/mol. The van der Waals surface area contributed by atoms with Gasteiger partial charge in [-0.3, -0.25) is 9.59 Å². The molecule has 0 bridgehead atoms. The minimum atomic E-state index is -0.735. The van der Waals surface area contributed by atoms with Crippen LogP contribution in [-0.4, -0.2) is 62.0 Å². The number of ether oxygens (including phenoxy) is 1. The van der Waals surface area contributed by atoms with Crippen LogP contribution in [0.25, 0.3) is 0 Å². The van der Waals surface area contributed by atoms with Crippen molar-refractivity contribution in [1.82, 2.24) is 15.5 Å². The van der Waals surface area contributed by atoms with E-state index in [9.17, 15) is 14.4 Å². The summed E-state index contributed by atoms with van der Waals surface area (Å²) in [7, 11) is 1.26. The third-order valence-electron chi connectivity index (χ3n) is 2.84. The van der Waals surface area contributed by atoms with Gasteiger partial charge in [0.15, 0.2) is 0 Å². The Balaban J connectivity index is 4.08. The molecule has 0 aliphatic carbocycles. The minimum absolute atomic E-state index is 0.0663. The summed E-state index contributed by atoms with van der Waals surface area (Å²) in [6, 6.07) is -0.735. The Bertz CT molecular complexity index is 330. The number of amides is 2. The topological polar surface area (TPSA) is 87.7 Å². The molecule has 0 aromatic carbocycles. The highest BCUT2D eigenvalue weighted by molar-refractivity contribution is 5.83. The number of nitrogens with zero attached hydrogens (tertiary/aromatic N) is 1. The highest BCUT2D eigenvalue weighted by Crippen LogP contribution is 1.93. The molecule has 0 fully saturated rings. The fourth-order valence-corrected chi connectivity index (χ4v) is 1.76. The van der Waals surface area contributed by atoms with Crippen LogP contribution in [0.5, 0.6) is 0 Å². The van der Waals surface area contributed by atoms with Crippen molar-refractivity contribution in [2.24, 2.45) is 0 Å². The molecule has 2 N–H and O–H groups in total. The van der Waals surface area contributed by atoms with Crippen molar-refractivity contribution in [2.75, 3.05) is 33.3 Å². The van der Waals surface area contributed by atoms with Crippen LogP contribution >= 0.6 is 0 Å². The zero-order valence-corrected chi connectivity index (χ0v) is 12.7. The normalized spacial score (nSPS) is 11.6. The Morgan fingerprint density at radius 1 is 1.20 bits per heavy atom. The van der Waals surface area contributed by atoms with Crippen LogP contribution in [0.2, 0.25) is 0 Å². The number of carbonyl (C=O) groups is 3. The Kier molecular flexibility index (Phi) is 9.36. The Morgan fingerprint density at radius 2 is 1.80 bits per heavy atom. The molecule has 116 valence electrons. The van der Waals surface area contributed by atoms with Crippen LogP contribution in [0.15, 0.2) is 0 Å². The average molecular weight is 287 g/mol. The molecule has 0 saturated carbocycles. The van der Waals surface area contributed by atoms with E-state index < -0.39 is 12.0 Å². The lowest BCUT2D eigenvalue weighted by atomic mass is 10.2. The zero-order valence-electron chi connectivity index (χ0n) is 12.7. The van der Waals surface area contributed by atoms with E-state index in [0.717, 1.165) is 0 Å². The summed E-state index contributed by atoms with van der Waals surface area (Å²) in [5, 5.41) is 5.47. The Morgan fingerprint density at radius 3 is 2.25 bits per heavy atom. The smallest absolute Gasteiger partial charge is 0.329 e. The third kappa shape index (κ3) is 7.08. The molecule has 0 rings (SSSR count). The van der Waals surface area contributed by atoms with Gasteiger partial charge in [0.1, 0.15) is 6.04 Å². The van der Waals surface area contributed by atoms with Gasteiger partial charge < -0.3 is 20.3 Å². The van der Waals surface area contributed by atoms with Crippen molar-refractivity contribution in [2.45, 2.75) is 33.2 Å². The van der Waals surface area contributed by atoms with E-state index >= 15 is 0 Å². The monoisotopic (exact) mass is 287 g/mol. The summed E-state index contributed by atoms with van der Waals surface area (Å²) >= 11 is 0. The van der Waals surface area contributed by atoms with Crippen LogP contribution in [0.4, 0.5) is 0 Å². The number of rotatable bonds is 9. The lowest BCUT2D eigenvalue weighted by Gasteiger charge is -2.19. The number of hydrogen-bond acceptors (Lipinski definition) is 5. The summed E-state index contributed by atoms with van der Waals surface area (Å²) in [6.45, 7) is 7.25. The van der Waals surface area contributed by atoms with Gasteiger partial charge >= 0.3 is 5.97 Å². The molecule has 0 aromatic heterocycles. The van der Waals surface area contributed by atoms with Crippen LogP contribution in [0, 0.1) is 0 Å². The maximum absolute atomic E-state index is 11.7. The van der Waals surface area contributed by atoms with Gasteiger partial charge in [-0.15, -0.1) is 0 Å². The molecular formula is C13H25N3O4. The fourth-order valence-electron chi connectivity index (χ4n) is 1.76. The SMILES string of the molecule is CCN(CC)C(=O)CCNCC(NC(C)=O)C(=O)OC. The van der Waals surface area contributed by atoms with E-state index in [0.29, 0.717) is 26.1 Å². The Labute approximate surface area is 120 Å². The van der Waals surface area contributed by atoms with Crippen molar-refractivity contribution in [3.63, 3.8) is 0 Å². The first kappa shape index (κ1) is 18.4. The fraction of sp³-hybridized carbons (Fsp3) is 0.769. The van der Waals surface area contributed by atoms with Crippen LogP contribution in [0.3, 0.4) is 0 Å². The lowest BCUT2D eigenvalue weighted by Crippen LogP contribution is -2.47. The molecule has 2 amide bonds. The van der Waals surface area contributed by atoms with Gasteiger partial charge in [0.2, 0.25) is 11.8 Å². The molecule has 0 aliphatic rings. The van der Waals surface area contributed by atoms with Crippen molar-refractivity contribution >= 4 is 17.8 Å². The Hall–Kier alpha value is -1.63. The summed E-state index contributed by atoms with van der Waals surface area (Å²) in [6.07, 6.45) is 0.357. The van der Waals surface area contributed by atoms with Crippen molar-refractivity contribution in [3.05, 3.63) is 0 Å². The highest BCUT2D eigenvalue weighted by atomic mass is 16.5. The molecule has 0 aromatic rings. The van der Waals surface area contributed by atoms with Gasteiger partial charge in [0.05, 0.1) is 7.11 Å². The maximum atomic E-state index is 11.7. The molecule has 7 heteroatoms. The number of methoxy groups -OCH3 is 1. The van der Waals surface area contributed by atoms with Gasteiger partial charge in [-0.25, -0.2) is 4.79 Å². The lowest BCUT2D eigenvalue weighted by molar-refractivity contribution is -0.144. The van der Waals surface area contributed by atoms with Gasteiger partial charge in [0, 0.05) is 39.5 Å². The third-order valence-corrected chi connectivity index (χ3v) is 2.84. The van der Waals surface area contributed by atoms with Gasteiger partial charge in [-0.2, -0.15) is 0 Å². The number of carbonyl (C=O) groups excluding carboxylic acids is 3. The minimum Gasteiger partial charge on any atom is -0.467 e. The molecule has 0 heterocycles. The first-order chi connectivity index (χ1) is 9.46. The predicted octanol–water partition coefficient (Wildman–Crippen LogP) is -0.488. The van der Waals surface area contributed by atoms with Crippen LogP contribution < -0.4 is 10.6 Å². The summed E-state index contributed by atoms with van der Waals surface area (Å²) in [4.78, 5) is 35.9. The van der Waals surface area contributed by atoms with E-state index in [1.807, 2.05) is 13.8 Å². The van der Waals surface area contributed by atoms with Gasteiger partial charge in [0.25, 0.3) is 0 Å². The largest absolute Gasteiger partial charge is 0.467 e. The summed E-state index contributed by atoms with van der Waals surface area (Å²) in [5.74, 6) is -0.749.